The van der Waals surface area contributed by atoms with Crippen LogP contribution in [-0.2, 0) is 6.42 Å². The number of hydrogen-bond donors (Lipinski definition) is 0. The van der Waals surface area contributed by atoms with Crippen LogP contribution in [-0.4, -0.2) is 19.6 Å². The Morgan fingerprint density at radius 1 is 0.833 bits per heavy atom. The second kappa shape index (κ2) is 13.2. The summed E-state index contributed by atoms with van der Waals surface area (Å²) in [6.07, 6.45) is 4.95. The summed E-state index contributed by atoms with van der Waals surface area (Å²) in [6, 6.07) is 32.9. The van der Waals surface area contributed by atoms with Crippen molar-refractivity contribution in [2.75, 3.05) is 19.6 Å². The minimum absolute atomic E-state index is 0.554. The Labute approximate surface area is 224 Å². The quantitative estimate of drug-likeness (QED) is 0.146. The fraction of sp³-hybridized carbons (Fsp3) is 0.188. The van der Waals surface area contributed by atoms with Gasteiger partial charge in [-0.1, -0.05) is 78.3 Å². The highest BCUT2D eigenvalue weighted by molar-refractivity contribution is 6.30. The van der Waals surface area contributed by atoms with Crippen molar-refractivity contribution in [3.8, 4) is 22.6 Å². The van der Waals surface area contributed by atoms with E-state index in [1.807, 2.05) is 48.5 Å². The second-order valence-corrected chi connectivity index (χ2v) is 9.29. The summed E-state index contributed by atoms with van der Waals surface area (Å²) in [6.45, 7) is 0.683. The molecule has 2 nitrogen and oxygen atoms in total. The van der Waals surface area contributed by atoms with Crippen LogP contribution < -0.4 is 9.47 Å². The molecule has 0 spiro atoms. The van der Waals surface area contributed by atoms with Crippen molar-refractivity contribution in [3.63, 3.8) is 0 Å². The average Bonchev–Trinajstić information content (AvgIpc) is 2.93. The number of allylic oxidation sites excluding steroid dienone is 1. The predicted octanol–water partition coefficient (Wildman–Crippen LogP) is 9.09. The first-order chi connectivity index (χ1) is 17.7. The van der Waals surface area contributed by atoms with Crippen LogP contribution in [0.5, 0.6) is 11.5 Å². The fourth-order valence-corrected chi connectivity index (χ4v) is 4.41. The molecule has 4 heteroatoms. The van der Waals surface area contributed by atoms with Gasteiger partial charge in [0.1, 0.15) is 11.5 Å². The molecule has 0 aromatic heterocycles. The molecule has 0 aliphatic heterocycles. The topological polar surface area (TPSA) is 18.5 Å². The highest BCUT2D eigenvalue weighted by Crippen LogP contribution is 2.36. The molecule has 0 heterocycles. The van der Waals surface area contributed by atoms with Crippen molar-refractivity contribution in [2.45, 2.75) is 19.3 Å². The molecule has 0 radical (unpaired) electrons. The zero-order valence-corrected chi connectivity index (χ0v) is 21.9. The van der Waals surface area contributed by atoms with Crippen LogP contribution in [0.1, 0.15) is 29.5 Å². The Balaban J connectivity index is 1.56. The summed E-state index contributed by atoms with van der Waals surface area (Å²) in [7, 11) is 1.68. The van der Waals surface area contributed by atoms with Crippen LogP contribution in [0.2, 0.25) is 5.02 Å². The molecule has 0 amide bonds. The third kappa shape index (κ3) is 6.94. The summed E-state index contributed by atoms with van der Waals surface area (Å²) in [5.74, 6) is 2.23. The molecule has 0 unspecified atom stereocenters. The van der Waals surface area contributed by atoms with Gasteiger partial charge in [-0.15, -0.1) is 11.6 Å². The van der Waals surface area contributed by atoms with Gasteiger partial charge in [-0.05, 0) is 89.1 Å². The molecular weight excluding hydrogens is 487 g/mol. The molecule has 0 fully saturated rings. The minimum Gasteiger partial charge on any atom is -0.497 e. The van der Waals surface area contributed by atoms with Crippen LogP contribution in [0.4, 0.5) is 0 Å². The maximum atomic E-state index is 6.15. The molecule has 36 heavy (non-hydrogen) atoms. The predicted molar refractivity (Wildman–Crippen MR) is 153 cm³/mol. The van der Waals surface area contributed by atoms with Gasteiger partial charge in [0, 0.05) is 10.9 Å². The maximum Gasteiger partial charge on any atom is 0.119 e. The van der Waals surface area contributed by atoms with Crippen LogP contribution >= 0.6 is 23.2 Å². The fourth-order valence-electron chi connectivity index (χ4n) is 4.18. The molecule has 4 aromatic carbocycles. The van der Waals surface area contributed by atoms with Crippen LogP contribution in [0, 0.1) is 0 Å². The van der Waals surface area contributed by atoms with Crippen LogP contribution in [0.3, 0.4) is 0 Å². The summed E-state index contributed by atoms with van der Waals surface area (Å²) in [4.78, 5) is 0. The monoisotopic (exact) mass is 516 g/mol. The van der Waals surface area contributed by atoms with Crippen molar-refractivity contribution >= 4 is 28.8 Å². The number of hydrogen-bond acceptors (Lipinski definition) is 2. The number of benzene rings is 4. The molecule has 4 rings (SSSR count). The van der Waals surface area contributed by atoms with Crippen LogP contribution in [0.25, 0.3) is 16.7 Å². The maximum absolute atomic E-state index is 6.15. The van der Waals surface area contributed by atoms with Crippen molar-refractivity contribution in [1.82, 2.24) is 0 Å². The summed E-state index contributed by atoms with van der Waals surface area (Å²) in [5, 5.41) is 0.709. The number of methoxy groups -OCH3 is 1. The van der Waals surface area contributed by atoms with E-state index >= 15 is 0 Å². The molecule has 184 valence electrons. The van der Waals surface area contributed by atoms with Crippen molar-refractivity contribution in [3.05, 3.63) is 125 Å². The Morgan fingerprint density at radius 3 is 2.25 bits per heavy atom. The minimum atomic E-state index is 0.554. The van der Waals surface area contributed by atoms with E-state index in [0.717, 1.165) is 58.6 Å². The second-order valence-electron chi connectivity index (χ2n) is 8.48. The van der Waals surface area contributed by atoms with E-state index in [0.29, 0.717) is 17.5 Å². The molecule has 0 saturated heterocycles. The lowest BCUT2D eigenvalue weighted by Crippen LogP contribution is -2.00. The van der Waals surface area contributed by atoms with E-state index in [4.69, 9.17) is 32.7 Å². The first-order valence-corrected chi connectivity index (χ1v) is 13.1. The third-order valence-electron chi connectivity index (χ3n) is 6.02. The molecule has 0 aliphatic carbocycles. The molecule has 0 atom stereocenters. The van der Waals surface area contributed by atoms with E-state index in [1.54, 1.807) is 7.11 Å². The number of ether oxygens (including phenoxy) is 2. The number of halogens is 2. The van der Waals surface area contributed by atoms with Gasteiger partial charge in [0.2, 0.25) is 0 Å². The molecule has 0 N–H and O–H groups in total. The van der Waals surface area contributed by atoms with Gasteiger partial charge in [-0.25, -0.2) is 0 Å². The van der Waals surface area contributed by atoms with Gasteiger partial charge in [0.05, 0.1) is 13.7 Å². The first-order valence-electron chi connectivity index (χ1n) is 12.2. The Kier molecular flexibility index (Phi) is 9.49. The van der Waals surface area contributed by atoms with Crippen molar-refractivity contribution in [2.24, 2.45) is 0 Å². The smallest absolute Gasteiger partial charge is 0.119 e. The highest BCUT2D eigenvalue weighted by Gasteiger charge is 2.14. The molecule has 4 aromatic rings. The van der Waals surface area contributed by atoms with Crippen LogP contribution in [0.15, 0.2) is 103 Å². The van der Waals surface area contributed by atoms with Gasteiger partial charge in [-0.3, -0.25) is 0 Å². The Bertz CT molecular complexity index is 1260. The summed E-state index contributed by atoms with van der Waals surface area (Å²) < 4.78 is 11.5. The SMILES string of the molecule is COc1ccc(C(=CCCCl)c2ccc(OCCCc3ccccc3)cc2)c(-c2ccc(Cl)cc2)c1. The molecular formula is C32H30Cl2O2. The highest BCUT2D eigenvalue weighted by atomic mass is 35.5. The van der Waals surface area contributed by atoms with Gasteiger partial charge >= 0.3 is 0 Å². The number of alkyl halides is 1. The van der Waals surface area contributed by atoms with E-state index in [2.05, 4.69) is 54.6 Å². The zero-order chi connectivity index (χ0) is 25.2. The molecule has 0 saturated carbocycles. The molecule has 0 aliphatic rings. The standard InChI is InChI=1S/C32H30Cl2O2/c1-35-29-19-20-31(32(23-29)26-11-15-27(34)16-12-26)30(10-5-21-33)25-13-17-28(18-14-25)36-22-6-9-24-7-3-2-4-8-24/h2-4,7-8,10-20,23H,5-6,9,21-22H2,1H3. The van der Waals surface area contributed by atoms with E-state index < -0.39 is 0 Å². The summed E-state index contributed by atoms with van der Waals surface area (Å²) in [5.41, 5.74) is 6.83. The van der Waals surface area contributed by atoms with Gasteiger partial charge in [0.25, 0.3) is 0 Å². The lowest BCUT2D eigenvalue weighted by atomic mass is 9.89. The largest absolute Gasteiger partial charge is 0.497 e. The van der Waals surface area contributed by atoms with Gasteiger partial charge in [0.15, 0.2) is 0 Å². The van der Waals surface area contributed by atoms with Crippen molar-refractivity contribution in [1.29, 1.82) is 0 Å². The van der Waals surface area contributed by atoms with Crippen molar-refractivity contribution < 1.29 is 9.47 Å². The lowest BCUT2D eigenvalue weighted by Gasteiger charge is -2.16. The van der Waals surface area contributed by atoms with Gasteiger partial charge in [-0.2, -0.15) is 0 Å². The third-order valence-corrected chi connectivity index (χ3v) is 6.49. The lowest BCUT2D eigenvalue weighted by molar-refractivity contribution is 0.311. The van der Waals surface area contributed by atoms with E-state index in [-0.39, 0.29) is 0 Å². The van der Waals surface area contributed by atoms with Gasteiger partial charge < -0.3 is 9.47 Å². The zero-order valence-electron chi connectivity index (χ0n) is 20.4. The number of aryl methyl sites for hydroxylation is 1. The Hall–Kier alpha value is -3.20. The molecule has 0 bridgehead atoms. The van der Waals surface area contributed by atoms with E-state index in [1.165, 1.54) is 5.56 Å². The Morgan fingerprint density at radius 2 is 1.56 bits per heavy atom. The average molecular weight is 517 g/mol. The first kappa shape index (κ1) is 25.9. The summed E-state index contributed by atoms with van der Waals surface area (Å²) >= 11 is 12.2. The number of rotatable bonds is 11. The normalized spacial score (nSPS) is 11.4. The van der Waals surface area contributed by atoms with E-state index in [9.17, 15) is 0 Å².